The van der Waals surface area contributed by atoms with Gasteiger partial charge in [-0.3, -0.25) is 4.79 Å². The van der Waals surface area contributed by atoms with Gasteiger partial charge in [-0.15, -0.1) is 0 Å². The van der Waals surface area contributed by atoms with Gasteiger partial charge >= 0.3 is 5.97 Å². The molecule has 0 heterocycles. The summed E-state index contributed by atoms with van der Waals surface area (Å²) < 4.78 is 5.35. The van der Waals surface area contributed by atoms with Crippen molar-refractivity contribution in [1.82, 2.24) is 5.32 Å². The van der Waals surface area contributed by atoms with Crippen LogP contribution < -0.4 is 10.1 Å². The van der Waals surface area contributed by atoms with Crippen molar-refractivity contribution >= 4 is 5.97 Å². The van der Waals surface area contributed by atoms with Crippen LogP contribution in [-0.2, 0) is 4.79 Å². The first-order chi connectivity index (χ1) is 8.42. The Labute approximate surface area is 108 Å². The molecule has 0 amide bonds. The summed E-state index contributed by atoms with van der Waals surface area (Å²) in [5.74, 6) is 0.220. The first-order valence-electron chi connectivity index (χ1n) is 6.00. The second kappa shape index (κ2) is 5.87. The maximum Gasteiger partial charge on any atom is 0.325 e. The van der Waals surface area contributed by atoms with Gasteiger partial charge < -0.3 is 15.2 Å². The van der Waals surface area contributed by atoms with Crippen LogP contribution in [0.1, 0.15) is 42.5 Å². The molecule has 0 aliphatic rings. The Bertz CT molecular complexity index is 441. The lowest BCUT2D eigenvalue weighted by atomic mass is 9.93. The molecule has 0 aliphatic heterocycles. The third kappa shape index (κ3) is 2.82. The minimum Gasteiger partial charge on any atom is -0.496 e. The minimum atomic E-state index is -0.875. The maximum absolute atomic E-state index is 11.2. The van der Waals surface area contributed by atoms with Gasteiger partial charge in [0.15, 0.2) is 0 Å². The van der Waals surface area contributed by atoms with Crippen molar-refractivity contribution in [3.05, 3.63) is 28.8 Å². The maximum atomic E-state index is 11.2. The van der Waals surface area contributed by atoms with Crippen molar-refractivity contribution in [3.63, 3.8) is 0 Å². The third-order valence-electron chi connectivity index (χ3n) is 3.09. The summed E-state index contributed by atoms with van der Waals surface area (Å²) >= 11 is 0. The van der Waals surface area contributed by atoms with E-state index < -0.39 is 12.0 Å². The number of nitrogens with one attached hydrogen (secondary N) is 1. The van der Waals surface area contributed by atoms with Crippen molar-refractivity contribution in [2.24, 2.45) is 0 Å². The molecule has 1 atom stereocenters. The molecule has 0 radical (unpaired) electrons. The van der Waals surface area contributed by atoms with Crippen molar-refractivity contribution in [2.75, 3.05) is 14.2 Å². The number of aryl methyl sites for hydroxylation is 1. The molecule has 0 aromatic heterocycles. The van der Waals surface area contributed by atoms with Gasteiger partial charge in [-0.2, -0.15) is 0 Å². The molecule has 0 spiro atoms. The SMILES string of the molecule is CNC(C(=O)O)c1cc(C(C)C)c(OC)cc1C. The van der Waals surface area contributed by atoms with E-state index in [2.05, 4.69) is 19.2 Å². The van der Waals surface area contributed by atoms with Gasteiger partial charge in [-0.1, -0.05) is 13.8 Å². The summed E-state index contributed by atoms with van der Waals surface area (Å²) in [5, 5.41) is 12.0. The van der Waals surface area contributed by atoms with E-state index in [-0.39, 0.29) is 5.92 Å². The molecule has 4 nitrogen and oxygen atoms in total. The lowest BCUT2D eigenvalue weighted by Gasteiger charge is -2.19. The Balaban J connectivity index is 3.37. The van der Waals surface area contributed by atoms with Crippen LogP contribution in [0.15, 0.2) is 12.1 Å². The van der Waals surface area contributed by atoms with Gasteiger partial charge in [0.1, 0.15) is 11.8 Å². The summed E-state index contributed by atoms with van der Waals surface area (Å²) in [5.41, 5.74) is 2.73. The summed E-state index contributed by atoms with van der Waals surface area (Å²) in [6.07, 6.45) is 0. The molecular formula is C14H21NO3. The average molecular weight is 251 g/mol. The van der Waals surface area contributed by atoms with Crippen LogP contribution in [-0.4, -0.2) is 25.2 Å². The number of carbonyl (C=O) groups is 1. The molecule has 0 saturated carbocycles. The molecule has 18 heavy (non-hydrogen) atoms. The molecule has 2 N–H and O–H groups in total. The standard InChI is InChI=1S/C14H21NO3/c1-8(2)10-7-11(13(15-4)14(16)17)9(3)6-12(10)18-5/h6-8,13,15H,1-5H3,(H,16,17). The summed E-state index contributed by atoms with van der Waals surface area (Å²) in [6, 6.07) is 3.14. The fourth-order valence-electron chi connectivity index (χ4n) is 2.07. The Kier molecular flexibility index (Phi) is 4.73. The number of aliphatic carboxylic acids is 1. The van der Waals surface area contributed by atoms with Gasteiger partial charge in [-0.05, 0) is 48.7 Å². The smallest absolute Gasteiger partial charge is 0.325 e. The number of carboxylic acid groups (broad SMARTS) is 1. The highest BCUT2D eigenvalue weighted by atomic mass is 16.5. The number of methoxy groups -OCH3 is 1. The van der Waals surface area contributed by atoms with E-state index in [1.54, 1.807) is 14.2 Å². The van der Waals surface area contributed by atoms with E-state index in [0.29, 0.717) is 0 Å². The predicted molar refractivity (Wildman–Crippen MR) is 71.3 cm³/mol. The van der Waals surface area contributed by atoms with Crippen LogP contribution in [0, 0.1) is 6.92 Å². The van der Waals surface area contributed by atoms with Crippen molar-refractivity contribution < 1.29 is 14.6 Å². The molecule has 4 heteroatoms. The lowest BCUT2D eigenvalue weighted by molar-refractivity contribution is -0.139. The molecule has 1 unspecified atom stereocenters. The third-order valence-corrected chi connectivity index (χ3v) is 3.09. The van der Waals surface area contributed by atoms with Gasteiger partial charge in [0.05, 0.1) is 7.11 Å². The second-order valence-electron chi connectivity index (χ2n) is 4.67. The van der Waals surface area contributed by atoms with Crippen molar-refractivity contribution in [1.29, 1.82) is 0 Å². The van der Waals surface area contributed by atoms with Crippen LogP contribution in [0.3, 0.4) is 0 Å². The second-order valence-corrected chi connectivity index (χ2v) is 4.67. The van der Waals surface area contributed by atoms with E-state index in [4.69, 9.17) is 4.74 Å². The molecule has 100 valence electrons. The van der Waals surface area contributed by atoms with E-state index in [1.165, 1.54) is 0 Å². The molecule has 0 fully saturated rings. The molecule has 1 aromatic carbocycles. The normalized spacial score (nSPS) is 12.6. The number of rotatable bonds is 5. The Morgan fingerprint density at radius 1 is 1.33 bits per heavy atom. The highest BCUT2D eigenvalue weighted by molar-refractivity contribution is 5.76. The zero-order valence-corrected chi connectivity index (χ0v) is 11.6. The highest BCUT2D eigenvalue weighted by Gasteiger charge is 2.22. The van der Waals surface area contributed by atoms with E-state index in [9.17, 15) is 9.90 Å². The van der Waals surface area contributed by atoms with E-state index >= 15 is 0 Å². The zero-order chi connectivity index (χ0) is 13.9. The average Bonchev–Trinajstić information content (AvgIpc) is 2.30. The topological polar surface area (TPSA) is 58.6 Å². The van der Waals surface area contributed by atoms with Gasteiger partial charge in [0.25, 0.3) is 0 Å². The predicted octanol–water partition coefficient (Wildman–Crippen LogP) is 2.47. The molecule has 0 aliphatic carbocycles. The number of ether oxygens (including phenoxy) is 1. The highest BCUT2D eigenvalue weighted by Crippen LogP contribution is 2.32. The van der Waals surface area contributed by atoms with Gasteiger partial charge in [-0.25, -0.2) is 0 Å². The Morgan fingerprint density at radius 3 is 2.33 bits per heavy atom. The number of hydrogen-bond acceptors (Lipinski definition) is 3. The molecule has 0 saturated heterocycles. The molecule has 1 rings (SSSR count). The quantitative estimate of drug-likeness (QED) is 0.844. The van der Waals surface area contributed by atoms with Gasteiger partial charge in [0.2, 0.25) is 0 Å². The Morgan fingerprint density at radius 2 is 1.94 bits per heavy atom. The monoisotopic (exact) mass is 251 g/mol. The van der Waals surface area contributed by atoms with Crippen LogP contribution >= 0.6 is 0 Å². The number of likely N-dealkylation sites (N-methyl/N-ethyl adjacent to an activating group) is 1. The number of carboxylic acids is 1. The largest absolute Gasteiger partial charge is 0.496 e. The number of hydrogen-bond donors (Lipinski definition) is 2. The summed E-state index contributed by atoms with van der Waals surface area (Å²) in [6.45, 7) is 6.02. The summed E-state index contributed by atoms with van der Waals surface area (Å²) in [4.78, 5) is 11.2. The van der Waals surface area contributed by atoms with Gasteiger partial charge in [0, 0.05) is 0 Å². The van der Waals surface area contributed by atoms with Crippen molar-refractivity contribution in [3.8, 4) is 5.75 Å². The van der Waals surface area contributed by atoms with E-state index in [1.807, 2.05) is 19.1 Å². The van der Waals surface area contributed by atoms with E-state index in [0.717, 1.165) is 22.4 Å². The first-order valence-corrected chi connectivity index (χ1v) is 6.00. The molecular weight excluding hydrogens is 230 g/mol. The lowest BCUT2D eigenvalue weighted by Crippen LogP contribution is -2.26. The van der Waals surface area contributed by atoms with Crippen LogP contribution in [0.4, 0.5) is 0 Å². The fourth-order valence-corrected chi connectivity index (χ4v) is 2.07. The van der Waals surface area contributed by atoms with Crippen molar-refractivity contribution in [2.45, 2.75) is 32.7 Å². The zero-order valence-electron chi connectivity index (χ0n) is 11.6. The summed E-state index contributed by atoms with van der Waals surface area (Å²) in [7, 11) is 3.28. The van der Waals surface area contributed by atoms with Crippen LogP contribution in [0.5, 0.6) is 5.75 Å². The van der Waals surface area contributed by atoms with Crippen LogP contribution in [0.25, 0.3) is 0 Å². The fraction of sp³-hybridized carbons (Fsp3) is 0.500. The Hall–Kier alpha value is -1.55. The van der Waals surface area contributed by atoms with Crippen LogP contribution in [0.2, 0.25) is 0 Å². The number of benzene rings is 1. The minimum absolute atomic E-state index is 0.283. The molecule has 1 aromatic rings. The molecule has 0 bridgehead atoms. The first kappa shape index (κ1) is 14.5.